The van der Waals surface area contributed by atoms with Crippen molar-refractivity contribution in [2.45, 2.75) is 25.3 Å². The quantitative estimate of drug-likeness (QED) is 0.482. The first-order valence-corrected chi connectivity index (χ1v) is 11.6. The molecule has 0 aliphatic heterocycles. The Morgan fingerprint density at radius 3 is 2.09 bits per heavy atom. The third-order valence-corrected chi connectivity index (χ3v) is 6.42. The molecule has 0 heterocycles. The first-order chi connectivity index (χ1) is 15.7. The zero-order valence-electron chi connectivity index (χ0n) is 18.5. The lowest BCUT2D eigenvalue weighted by molar-refractivity contribution is 0.0950. The lowest BCUT2D eigenvalue weighted by Gasteiger charge is -2.11. The molecular weight excluding hydrogens is 442 g/mol. The standard InChI is InChI=1S/C24H25N3O5S/c1-16-4-9-21(14-17(16)2)27-33(30,31)22-12-7-19(8-13-22)23(28)25-15-18-5-10-20(11-6-18)26-24(29)32-3/h4-14,27H,15H2,1-3H3,(H,25,28)(H,26,29). The highest BCUT2D eigenvalue weighted by Crippen LogP contribution is 2.19. The van der Waals surface area contributed by atoms with Crippen LogP contribution < -0.4 is 15.4 Å². The summed E-state index contributed by atoms with van der Waals surface area (Å²) in [4.78, 5) is 23.7. The van der Waals surface area contributed by atoms with Crippen LogP contribution in [0.4, 0.5) is 16.2 Å². The summed E-state index contributed by atoms with van der Waals surface area (Å²) in [5.41, 5.74) is 4.27. The highest BCUT2D eigenvalue weighted by atomic mass is 32.2. The van der Waals surface area contributed by atoms with Crippen LogP contribution in [0.3, 0.4) is 0 Å². The molecule has 3 aromatic rings. The summed E-state index contributed by atoms with van der Waals surface area (Å²) in [6, 6.07) is 18.0. The van der Waals surface area contributed by atoms with Gasteiger partial charge in [0.05, 0.1) is 12.0 Å². The van der Waals surface area contributed by atoms with Gasteiger partial charge in [-0.05, 0) is 79.1 Å². The molecule has 0 unspecified atom stereocenters. The van der Waals surface area contributed by atoms with Crippen molar-refractivity contribution in [2.24, 2.45) is 0 Å². The van der Waals surface area contributed by atoms with Gasteiger partial charge in [0.15, 0.2) is 0 Å². The molecule has 8 nitrogen and oxygen atoms in total. The molecular formula is C24H25N3O5S. The molecule has 3 rings (SSSR count). The molecule has 0 radical (unpaired) electrons. The highest BCUT2D eigenvalue weighted by Gasteiger charge is 2.15. The number of methoxy groups -OCH3 is 1. The largest absolute Gasteiger partial charge is 0.453 e. The fourth-order valence-electron chi connectivity index (χ4n) is 2.96. The molecule has 3 N–H and O–H groups in total. The second kappa shape index (κ2) is 10.2. The van der Waals surface area contributed by atoms with Gasteiger partial charge >= 0.3 is 6.09 Å². The van der Waals surface area contributed by atoms with Crippen LogP contribution in [0, 0.1) is 13.8 Å². The summed E-state index contributed by atoms with van der Waals surface area (Å²) in [5, 5.41) is 5.32. The van der Waals surface area contributed by atoms with Crippen molar-refractivity contribution in [3.05, 3.63) is 89.0 Å². The van der Waals surface area contributed by atoms with Crippen LogP contribution in [0.5, 0.6) is 0 Å². The Morgan fingerprint density at radius 2 is 1.48 bits per heavy atom. The summed E-state index contributed by atoms with van der Waals surface area (Å²) >= 11 is 0. The van der Waals surface area contributed by atoms with E-state index in [1.807, 2.05) is 19.9 Å². The van der Waals surface area contributed by atoms with Crippen LogP contribution in [-0.4, -0.2) is 27.5 Å². The zero-order chi connectivity index (χ0) is 24.0. The summed E-state index contributed by atoms with van der Waals surface area (Å²) in [7, 11) is -2.50. The number of anilines is 2. The number of aryl methyl sites for hydroxylation is 2. The third kappa shape index (κ3) is 6.33. The first-order valence-electron chi connectivity index (χ1n) is 10.1. The number of hydrogen-bond acceptors (Lipinski definition) is 5. The molecule has 0 fully saturated rings. The zero-order valence-corrected chi connectivity index (χ0v) is 19.3. The molecule has 0 aliphatic rings. The maximum Gasteiger partial charge on any atom is 0.411 e. The topological polar surface area (TPSA) is 114 Å². The van der Waals surface area contributed by atoms with Crippen LogP contribution in [0.15, 0.2) is 71.6 Å². The average Bonchev–Trinajstić information content (AvgIpc) is 2.80. The summed E-state index contributed by atoms with van der Waals surface area (Å²) in [5.74, 6) is -0.335. The fraction of sp³-hybridized carbons (Fsp3) is 0.167. The Kier molecular flexibility index (Phi) is 7.34. The number of nitrogens with one attached hydrogen (secondary N) is 3. The van der Waals surface area contributed by atoms with Gasteiger partial charge in [0.25, 0.3) is 15.9 Å². The number of hydrogen-bond donors (Lipinski definition) is 3. The number of benzene rings is 3. The Morgan fingerprint density at radius 1 is 0.848 bits per heavy atom. The van der Waals surface area contributed by atoms with E-state index in [9.17, 15) is 18.0 Å². The van der Waals surface area contributed by atoms with Gasteiger partial charge in [-0.1, -0.05) is 18.2 Å². The van der Waals surface area contributed by atoms with Crippen molar-refractivity contribution in [3.63, 3.8) is 0 Å². The number of carbonyl (C=O) groups is 2. The Balaban J connectivity index is 1.60. The van der Waals surface area contributed by atoms with Crippen LogP contribution in [0.1, 0.15) is 27.0 Å². The summed E-state index contributed by atoms with van der Waals surface area (Å²) < 4.78 is 32.4. The van der Waals surface area contributed by atoms with Gasteiger partial charge in [0, 0.05) is 23.5 Å². The molecule has 0 spiro atoms. The average molecular weight is 468 g/mol. The Labute approximate surface area is 193 Å². The van der Waals surface area contributed by atoms with Gasteiger partial charge in [-0.25, -0.2) is 13.2 Å². The first kappa shape index (κ1) is 23.8. The van der Waals surface area contributed by atoms with E-state index < -0.39 is 16.1 Å². The van der Waals surface area contributed by atoms with E-state index in [2.05, 4.69) is 20.1 Å². The fourth-order valence-corrected chi connectivity index (χ4v) is 4.01. The van der Waals surface area contributed by atoms with E-state index in [0.717, 1.165) is 16.7 Å². The molecule has 2 amide bonds. The lowest BCUT2D eigenvalue weighted by Crippen LogP contribution is -2.23. The monoisotopic (exact) mass is 467 g/mol. The van der Waals surface area contributed by atoms with Crippen molar-refractivity contribution in [3.8, 4) is 0 Å². The normalized spacial score (nSPS) is 10.9. The van der Waals surface area contributed by atoms with Gasteiger partial charge < -0.3 is 10.1 Å². The number of ether oxygens (including phenoxy) is 1. The molecule has 172 valence electrons. The SMILES string of the molecule is COC(=O)Nc1ccc(CNC(=O)c2ccc(S(=O)(=O)Nc3ccc(C)c(C)c3)cc2)cc1. The van der Waals surface area contributed by atoms with Crippen LogP contribution in [0.25, 0.3) is 0 Å². The molecule has 0 saturated carbocycles. The second-order valence-corrected chi connectivity index (χ2v) is 9.11. The number of rotatable bonds is 7. The molecule has 0 bridgehead atoms. The number of amides is 2. The van der Waals surface area contributed by atoms with E-state index >= 15 is 0 Å². The van der Waals surface area contributed by atoms with Crippen LogP contribution in [0.2, 0.25) is 0 Å². The van der Waals surface area contributed by atoms with Gasteiger partial charge in [-0.15, -0.1) is 0 Å². The molecule has 33 heavy (non-hydrogen) atoms. The Bertz CT molecular complexity index is 1250. The van der Waals surface area contributed by atoms with Gasteiger partial charge in [-0.2, -0.15) is 0 Å². The molecule has 0 atom stereocenters. The smallest absolute Gasteiger partial charge is 0.411 e. The van der Waals surface area contributed by atoms with Crippen molar-refractivity contribution in [2.75, 3.05) is 17.1 Å². The minimum Gasteiger partial charge on any atom is -0.453 e. The van der Waals surface area contributed by atoms with E-state index in [0.29, 0.717) is 16.9 Å². The van der Waals surface area contributed by atoms with E-state index in [4.69, 9.17) is 0 Å². The van der Waals surface area contributed by atoms with Crippen LogP contribution in [-0.2, 0) is 21.3 Å². The maximum atomic E-state index is 12.7. The molecule has 3 aromatic carbocycles. The van der Waals surface area contributed by atoms with Crippen LogP contribution >= 0.6 is 0 Å². The number of carbonyl (C=O) groups excluding carboxylic acids is 2. The van der Waals surface area contributed by atoms with E-state index in [-0.39, 0.29) is 17.3 Å². The molecule has 9 heteroatoms. The minimum absolute atomic E-state index is 0.0611. The number of sulfonamides is 1. The summed E-state index contributed by atoms with van der Waals surface area (Å²) in [6.45, 7) is 4.13. The van der Waals surface area contributed by atoms with Gasteiger partial charge in [0.1, 0.15) is 0 Å². The predicted octanol–water partition coefficient (Wildman–Crippen LogP) is 4.21. The summed E-state index contributed by atoms with van der Waals surface area (Å²) in [6.07, 6.45) is -0.564. The van der Waals surface area contributed by atoms with Gasteiger partial charge in [0.2, 0.25) is 0 Å². The molecule has 0 aliphatic carbocycles. The van der Waals surface area contributed by atoms with E-state index in [1.165, 1.54) is 31.4 Å². The maximum absolute atomic E-state index is 12.7. The Hall–Kier alpha value is -3.85. The minimum atomic E-state index is -3.78. The van der Waals surface area contributed by atoms with Crippen molar-refractivity contribution >= 4 is 33.4 Å². The lowest BCUT2D eigenvalue weighted by atomic mass is 10.1. The van der Waals surface area contributed by atoms with Crippen molar-refractivity contribution < 1.29 is 22.7 Å². The molecule has 0 aromatic heterocycles. The highest BCUT2D eigenvalue weighted by molar-refractivity contribution is 7.92. The second-order valence-electron chi connectivity index (χ2n) is 7.43. The third-order valence-electron chi connectivity index (χ3n) is 5.02. The van der Waals surface area contributed by atoms with Gasteiger partial charge in [-0.3, -0.25) is 14.8 Å². The van der Waals surface area contributed by atoms with Crippen molar-refractivity contribution in [1.82, 2.24) is 5.32 Å². The van der Waals surface area contributed by atoms with Crippen molar-refractivity contribution in [1.29, 1.82) is 0 Å². The van der Waals surface area contributed by atoms with E-state index in [1.54, 1.807) is 36.4 Å². The predicted molar refractivity (Wildman–Crippen MR) is 127 cm³/mol. The molecule has 0 saturated heterocycles.